The molecule has 0 bridgehead atoms. The third-order valence-electron chi connectivity index (χ3n) is 3.64. The molecule has 2 aliphatic heterocycles. The van der Waals surface area contributed by atoms with Crippen molar-refractivity contribution in [3.05, 3.63) is 35.9 Å². The van der Waals surface area contributed by atoms with Crippen LogP contribution in [-0.4, -0.2) is 48.2 Å². The van der Waals surface area contributed by atoms with Crippen molar-refractivity contribution < 1.29 is 19.4 Å². The molecule has 0 saturated heterocycles. The lowest BCUT2D eigenvalue weighted by atomic mass is 10.1. The maximum atomic E-state index is 12.6. The van der Waals surface area contributed by atoms with E-state index in [0.29, 0.717) is 31.9 Å². The standard InChI is InChI=1S/C15H16N2O4/c18-14(19)11-5-4-6-12-13(11)21-10-9-17(12)15(20)16-7-2-1-3-8-16/h1-2,4-6H,3,7-10H2,(H,18,19). The number of ether oxygens (including phenoxy) is 1. The van der Waals surface area contributed by atoms with Gasteiger partial charge in [0, 0.05) is 13.1 Å². The summed E-state index contributed by atoms with van der Waals surface area (Å²) in [5, 5.41) is 9.21. The van der Waals surface area contributed by atoms with Crippen molar-refractivity contribution in [3.8, 4) is 5.75 Å². The number of carboxylic acid groups (broad SMARTS) is 1. The lowest BCUT2D eigenvalue weighted by molar-refractivity contribution is 0.0691. The number of urea groups is 1. The van der Waals surface area contributed by atoms with Gasteiger partial charge < -0.3 is 14.7 Å². The fraction of sp³-hybridized carbons (Fsp3) is 0.333. The number of fused-ring (bicyclic) bond motifs is 1. The molecule has 0 saturated carbocycles. The van der Waals surface area contributed by atoms with Crippen LogP contribution >= 0.6 is 0 Å². The Morgan fingerprint density at radius 1 is 1.19 bits per heavy atom. The van der Waals surface area contributed by atoms with Crippen LogP contribution in [0.5, 0.6) is 5.75 Å². The van der Waals surface area contributed by atoms with Crippen LogP contribution in [0.2, 0.25) is 0 Å². The largest absolute Gasteiger partial charge is 0.489 e. The Kier molecular flexibility index (Phi) is 3.51. The molecule has 110 valence electrons. The zero-order chi connectivity index (χ0) is 14.8. The molecular weight excluding hydrogens is 272 g/mol. The molecule has 2 amide bonds. The van der Waals surface area contributed by atoms with Gasteiger partial charge in [0.25, 0.3) is 0 Å². The summed E-state index contributed by atoms with van der Waals surface area (Å²) < 4.78 is 5.48. The minimum atomic E-state index is -1.05. The molecule has 21 heavy (non-hydrogen) atoms. The highest BCUT2D eigenvalue weighted by Gasteiger charge is 2.30. The van der Waals surface area contributed by atoms with Crippen LogP contribution < -0.4 is 9.64 Å². The first-order chi connectivity index (χ1) is 10.2. The third kappa shape index (κ3) is 2.44. The summed E-state index contributed by atoms with van der Waals surface area (Å²) in [6, 6.07) is 4.73. The number of benzene rings is 1. The van der Waals surface area contributed by atoms with Gasteiger partial charge >= 0.3 is 12.0 Å². The van der Waals surface area contributed by atoms with E-state index in [0.717, 1.165) is 6.42 Å². The van der Waals surface area contributed by atoms with Gasteiger partial charge in [0.2, 0.25) is 0 Å². The fourth-order valence-electron chi connectivity index (χ4n) is 2.60. The Morgan fingerprint density at radius 3 is 2.76 bits per heavy atom. The van der Waals surface area contributed by atoms with Gasteiger partial charge in [-0.3, -0.25) is 4.90 Å². The minimum Gasteiger partial charge on any atom is -0.489 e. The Labute approximate surface area is 122 Å². The summed E-state index contributed by atoms with van der Waals surface area (Å²) >= 11 is 0. The molecule has 0 aromatic heterocycles. The van der Waals surface area contributed by atoms with Crippen molar-refractivity contribution in [1.82, 2.24) is 4.90 Å². The summed E-state index contributed by atoms with van der Waals surface area (Å²) in [6.45, 7) is 1.99. The van der Waals surface area contributed by atoms with E-state index in [1.807, 2.05) is 6.08 Å². The van der Waals surface area contributed by atoms with E-state index in [1.54, 1.807) is 21.9 Å². The molecule has 1 aromatic carbocycles. The molecule has 0 unspecified atom stereocenters. The van der Waals surface area contributed by atoms with Crippen LogP contribution in [0.4, 0.5) is 10.5 Å². The third-order valence-corrected chi connectivity index (χ3v) is 3.64. The zero-order valence-corrected chi connectivity index (χ0v) is 11.5. The van der Waals surface area contributed by atoms with Gasteiger partial charge in [-0.2, -0.15) is 0 Å². The van der Waals surface area contributed by atoms with Crippen LogP contribution in [0.1, 0.15) is 16.8 Å². The molecule has 0 spiro atoms. The predicted octanol–water partition coefficient (Wildman–Crippen LogP) is 1.97. The Bertz CT molecular complexity index is 612. The molecule has 0 aliphatic carbocycles. The average Bonchev–Trinajstić information content (AvgIpc) is 2.53. The highest BCUT2D eigenvalue weighted by Crippen LogP contribution is 2.35. The molecule has 0 fully saturated rings. The maximum Gasteiger partial charge on any atom is 0.339 e. The number of nitrogens with zero attached hydrogens (tertiary/aromatic N) is 2. The maximum absolute atomic E-state index is 12.6. The van der Waals surface area contributed by atoms with Gasteiger partial charge in [0.05, 0.1) is 12.2 Å². The number of para-hydroxylation sites is 1. The lowest BCUT2D eigenvalue weighted by Crippen LogP contribution is -2.47. The second-order valence-corrected chi connectivity index (χ2v) is 4.95. The molecule has 2 heterocycles. The van der Waals surface area contributed by atoms with Crippen LogP contribution in [0.3, 0.4) is 0 Å². The first kappa shape index (κ1) is 13.5. The number of hydrogen-bond acceptors (Lipinski definition) is 3. The van der Waals surface area contributed by atoms with Crippen molar-refractivity contribution in [2.45, 2.75) is 6.42 Å². The van der Waals surface area contributed by atoms with Crippen molar-refractivity contribution in [2.75, 3.05) is 31.1 Å². The van der Waals surface area contributed by atoms with Crippen LogP contribution in [0, 0.1) is 0 Å². The second-order valence-electron chi connectivity index (χ2n) is 4.95. The Morgan fingerprint density at radius 2 is 2.05 bits per heavy atom. The highest BCUT2D eigenvalue weighted by atomic mass is 16.5. The number of carbonyl (C=O) groups is 2. The van der Waals surface area contributed by atoms with Gasteiger partial charge in [-0.25, -0.2) is 9.59 Å². The SMILES string of the molecule is O=C(O)c1cccc2c1OCCN2C(=O)N1CC=CCC1. The van der Waals surface area contributed by atoms with Gasteiger partial charge in [-0.15, -0.1) is 0 Å². The van der Waals surface area contributed by atoms with E-state index < -0.39 is 5.97 Å². The molecule has 6 heteroatoms. The van der Waals surface area contributed by atoms with Crippen LogP contribution in [0.25, 0.3) is 0 Å². The minimum absolute atomic E-state index is 0.0866. The van der Waals surface area contributed by atoms with E-state index in [-0.39, 0.29) is 17.3 Å². The predicted molar refractivity (Wildman–Crippen MR) is 77.0 cm³/mol. The molecule has 0 atom stereocenters. The van der Waals surface area contributed by atoms with Gasteiger partial charge in [0.1, 0.15) is 12.2 Å². The van der Waals surface area contributed by atoms with Gasteiger partial charge in [-0.1, -0.05) is 18.2 Å². The molecule has 1 aromatic rings. The molecule has 0 radical (unpaired) electrons. The van der Waals surface area contributed by atoms with Crippen molar-refractivity contribution >= 4 is 17.7 Å². The van der Waals surface area contributed by atoms with Crippen LogP contribution in [-0.2, 0) is 0 Å². The molecular formula is C15H16N2O4. The highest BCUT2D eigenvalue weighted by molar-refractivity contribution is 5.99. The normalized spacial score (nSPS) is 17.1. The van der Waals surface area contributed by atoms with Crippen LogP contribution in [0.15, 0.2) is 30.4 Å². The molecule has 3 rings (SSSR count). The van der Waals surface area contributed by atoms with Crippen molar-refractivity contribution in [3.63, 3.8) is 0 Å². The number of anilines is 1. The number of carboxylic acids is 1. The monoisotopic (exact) mass is 288 g/mol. The summed E-state index contributed by atoms with van der Waals surface area (Å²) in [5.74, 6) is -0.779. The smallest absolute Gasteiger partial charge is 0.339 e. The number of carbonyl (C=O) groups excluding carboxylic acids is 1. The number of aromatic carboxylic acids is 1. The molecule has 2 aliphatic rings. The Hall–Kier alpha value is -2.50. The molecule has 1 N–H and O–H groups in total. The summed E-state index contributed by atoms with van der Waals surface area (Å²) in [4.78, 5) is 27.2. The van der Waals surface area contributed by atoms with Gasteiger partial charge in [0.15, 0.2) is 5.75 Å². The number of rotatable bonds is 1. The first-order valence-corrected chi connectivity index (χ1v) is 6.89. The van der Waals surface area contributed by atoms with Gasteiger partial charge in [-0.05, 0) is 18.6 Å². The Balaban J connectivity index is 1.93. The van der Waals surface area contributed by atoms with E-state index in [9.17, 15) is 14.7 Å². The fourth-order valence-corrected chi connectivity index (χ4v) is 2.60. The van der Waals surface area contributed by atoms with E-state index >= 15 is 0 Å². The lowest BCUT2D eigenvalue weighted by Gasteiger charge is -2.35. The van der Waals surface area contributed by atoms with E-state index in [2.05, 4.69) is 6.08 Å². The summed E-state index contributed by atoms with van der Waals surface area (Å²) in [5.41, 5.74) is 0.615. The topological polar surface area (TPSA) is 70.1 Å². The van der Waals surface area contributed by atoms with Crippen molar-refractivity contribution in [2.24, 2.45) is 0 Å². The first-order valence-electron chi connectivity index (χ1n) is 6.89. The summed E-state index contributed by atoms with van der Waals surface area (Å²) in [6.07, 6.45) is 4.87. The number of hydrogen-bond donors (Lipinski definition) is 1. The molecule has 6 nitrogen and oxygen atoms in total. The summed E-state index contributed by atoms with van der Waals surface area (Å²) in [7, 11) is 0. The number of amides is 2. The zero-order valence-electron chi connectivity index (χ0n) is 11.5. The average molecular weight is 288 g/mol. The van der Waals surface area contributed by atoms with Crippen molar-refractivity contribution in [1.29, 1.82) is 0 Å². The second kappa shape index (κ2) is 5.47. The van der Waals surface area contributed by atoms with E-state index in [4.69, 9.17) is 4.74 Å². The van der Waals surface area contributed by atoms with E-state index in [1.165, 1.54) is 6.07 Å². The quantitative estimate of drug-likeness (QED) is 0.802.